The van der Waals surface area contributed by atoms with Gasteiger partial charge in [0.2, 0.25) is 5.69 Å². The summed E-state index contributed by atoms with van der Waals surface area (Å²) >= 11 is 0. The van der Waals surface area contributed by atoms with E-state index in [-0.39, 0.29) is 5.41 Å². The van der Waals surface area contributed by atoms with Crippen LogP contribution >= 0.6 is 0 Å². The van der Waals surface area contributed by atoms with Gasteiger partial charge in [-0.25, -0.2) is 0 Å². The molecule has 1 aliphatic rings. The molecule has 0 unspecified atom stereocenters. The number of rotatable bonds is 4. The third-order valence-electron chi connectivity index (χ3n) is 4.78. The summed E-state index contributed by atoms with van der Waals surface area (Å²) in [6, 6.07) is 19.0. The fourth-order valence-electron chi connectivity index (χ4n) is 3.38. The second-order valence-electron chi connectivity index (χ2n) is 6.73. The first-order valence-corrected chi connectivity index (χ1v) is 8.35. The molecule has 2 aromatic rings. The molecular formula is C22H25N2+. The van der Waals surface area contributed by atoms with Gasteiger partial charge in [-0.05, 0) is 32.1 Å². The van der Waals surface area contributed by atoms with Crippen molar-refractivity contribution in [3.8, 4) is 0 Å². The first-order chi connectivity index (χ1) is 11.5. The van der Waals surface area contributed by atoms with Crippen molar-refractivity contribution in [3.05, 3.63) is 84.6 Å². The van der Waals surface area contributed by atoms with Gasteiger partial charge in [0.05, 0.1) is 5.41 Å². The van der Waals surface area contributed by atoms with E-state index < -0.39 is 0 Å². The molecule has 2 nitrogen and oxygen atoms in total. The van der Waals surface area contributed by atoms with Crippen molar-refractivity contribution < 1.29 is 4.58 Å². The van der Waals surface area contributed by atoms with Crippen molar-refractivity contribution in [2.24, 2.45) is 0 Å². The number of fused-ring (bicyclic) bond motifs is 1. The van der Waals surface area contributed by atoms with Gasteiger partial charge < -0.3 is 4.90 Å². The van der Waals surface area contributed by atoms with Gasteiger partial charge in [-0.15, -0.1) is 0 Å². The minimum absolute atomic E-state index is 0.0288. The lowest BCUT2D eigenvalue weighted by Gasteiger charge is -2.15. The second kappa shape index (κ2) is 6.48. The number of para-hydroxylation sites is 2. The fraction of sp³-hybridized carbons (Fsp3) is 0.227. The Hall–Kier alpha value is -2.61. The molecule has 3 rings (SSSR count). The number of nitrogens with zero attached hydrogens (tertiary/aromatic N) is 2. The Morgan fingerprint density at radius 1 is 0.917 bits per heavy atom. The van der Waals surface area contributed by atoms with Crippen LogP contribution in [0.5, 0.6) is 0 Å². The van der Waals surface area contributed by atoms with Gasteiger partial charge in [-0.3, -0.25) is 0 Å². The van der Waals surface area contributed by atoms with Crippen molar-refractivity contribution in [2.45, 2.75) is 19.3 Å². The van der Waals surface area contributed by atoms with E-state index in [4.69, 9.17) is 0 Å². The van der Waals surface area contributed by atoms with Crippen molar-refractivity contribution in [1.29, 1.82) is 0 Å². The first-order valence-electron chi connectivity index (χ1n) is 8.35. The van der Waals surface area contributed by atoms with Crippen LogP contribution in [0.1, 0.15) is 19.4 Å². The Labute approximate surface area is 145 Å². The molecule has 2 heteroatoms. The lowest BCUT2D eigenvalue weighted by atomic mass is 9.81. The molecule has 0 fully saturated rings. The smallest absolute Gasteiger partial charge is 0.209 e. The molecule has 0 amide bonds. The zero-order valence-electron chi connectivity index (χ0n) is 14.9. The van der Waals surface area contributed by atoms with E-state index >= 15 is 0 Å². The molecule has 122 valence electrons. The van der Waals surface area contributed by atoms with Gasteiger partial charge in [0.15, 0.2) is 5.71 Å². The summed E-state index contributed by atoms with van der Waals surface area (Å²) in [5, 5.41) is 0. The highest BCUT2D eigenvalue weighted by Crippen LogP contribution is 2.38. The molecule has 0 aromatic heterocycles. The molecule has 0 saturated carbocycles. The monoisotopic (exact) mass is 317 g/mol. The minimum Gasteiger partial charge on any atom is -0.351 e. The fourth-order valence-corrected chi connectivity index (χ4v) is 3.38. The second-order valence-corrected chi connectivity index (χ2v) is 6.73. The molecule has 0 radical (unpaired) electrons. The van der Waals surface area contributed by atoms with Crippen molar-refractivity contribution in [2.75, 3.05) is 19.0 Å². The number of benzene rings is 2. The lowest BCUT2D eigenvalue weighted by Crippen LogP contribution is -2.26. The Bertz CT molecular complexity index is 811. The normalized spacial score (nSPS) is 16.2. The molecule has 0 saturated heterocycles. The quantitative estimate of drug-likeness (QED) is 0.574. The van der Waals surface area contributed by atoms with E-state index in [2.05, 4.69) is 110 Å². The first kappa shape index (κ1) is 16.3. The molecule has 1 heterocycles. The van der Waals surface area contributed by atoms with Crippen LogP contribution in [0.2, 0.25) is 0 Å². The van der Waals surface area contributed by atoms with Crippen LogP contribution in [0, 0.1) is 0 Å². The van der Waals surface area contributed by atoms with E-state index in [9.17, 15) is 0 Å². The van der Waals surface area contributed by atoms with Crippen LogP contribution < -0.4 is 4.90 Å². The maximum absolute atomic E-state index is 2.29. The molecule has 24 heavy (non-hydrogen) atoms. The van der Waals surface area contributed by atoms with Crippen LogP contribution in [-0.2, 0) is 5.41 Å². The van der Waals surface area contributed by atoms with E-state index in [0.717, 1.165) is 0 Å². The Balaban J connectivity index is 1.78. The Morgan fingerprint density at radius 2 is 1.58 bits per heavy atom. The summed E-state index contributed by atoms with van der Waals surface area (Å²) in [5.41, 5.74) is 5.21. The van der Waals surface area contributed by atoms with E-state index in [1.807, 2.05) is 6.07 Å². The maximum Gasteiger partial charge on any atom is 0.209 e. The zero-order chi connectivity index (χ0) is 17.2. The summed E-state index contributed by atoms with van der Waals surface area (Å²) in [7, 11) is 4.21. The van der Waals surface area contributed by atoms with Gasteiger partial charge in [0, 0.05) is 36.6 Å². The van der Waals surface area contributed by atoms with Crippen LogP contribution in [-0.4, -0.2) is 24.4 Å². The zero-order valence-corrected chi connectivity index (χ0v) is 14.9. The summed E-state index contributed by atoms with van der Waals surface area (Å²) < 4.78 is 2.29. The largest absolute Gasteiger partial charge is 0.351 e. The molecule has 1 aliphatic heterocycles. The van der Waals surface area contributed by atoms with Crippen LogP contribution in [0.3, 0.4) is 0 Å². The number of allylic oxidation sites excluding steroid dienone is 3. The van der Waals surface area contributed by atoms with Gasteiger partial charge in [-0.1, -0.05) is 42.5 Å². The van der Waals surface area contributed by atoms with E-state index in [0.29, 0.717) is 0 Å². The average Bonchev–Trinajstić information content (AvgIpc) is 2.80. The van der Waals surface area contributed by atoms with Gasteiger partial charge >= 0.3 is 0 Å². The highest BCUT2D eigenvalue weighted by Gasteiger charge is 2.42. The van der Waals surface area contributed by atoms with E-state index in [1.54, 1.807) is 0 Å². The molecule has 2 aromatic carbocycles. The van der Waals surface area contributed by atoms with Crippen molar-refractivity contribution in [3.63, 3.8) is 0 Å². The predicted octanol–water partition coefficient (Wildman–Crippen LogP) is 4.90. The van der Waals surface area contributed by atoms with Crippen LogP contribution in [0.15, 0.2) is 79.0 Å². The standard InChI is InChI=1S/C22H25N2/c1-22(2)19-14-8-9-15-20(19)24(4)21(22)16-10-11-17-23(3)18-12-6-5-7-13-18/h5-17H,1-4H3/q+1. The van der Waals surface area contributed by atoms with Crippen LogP contribution in [0.25, 0.3) is 0 Å². The third-order valence-corrected chi connectivity index (χ3v) is 4.78. The third kappa shape index (κ3) is 2.92. The molecule has 0 N–H and O–H groups in total. The topological polar surface area (TPSA) is 6.25 Å². The summed E-state index contributed by atoms with van der Waals surface area (Å²) in [4.78, 5) is 2.12. The van der Waals surface area contributed by atoms with E-state index in [1.165, 1.54) is 22.6 Å². The van der Waals surface area contributed by atoms with Gasteiger partial charge in [0.1, 0.15) is 7.05 Å². The van der Waals surface area contributed by atoms with Crippen LogP contribution in [0.4, 0.5) is 11.4 Å². The molecular weight excluding hydrogens is 292 g/mol. The summed E-state index contributed by atoms with van der Waals surface area (Å²) in [6.45, 7) is 4.57. The maximum atomic E-state index is 2.29. The van der Waals surface area contributed by atoms with Gasteiger partial charge in [-0.2, -0.15) is 4.58 Å². The lowest BCUT2D eigenvalue weighted by molar-refractivity contribution is -0.401. The van der Waals surface area contributed by atoms with Gasteiger partial charge in [0.25, 0.3) is 0 Å². The molecule has 0 aliphatic carbocycles. The Morgan fingerprint density at radius 3 is 2.29 bits per heavy atom. The summed E-state index contributed by atoms with van der Waals surface area (Å²) in [5.74, 6) is 0. The molecule has 0 spiro atoms. The average molecular weight is 317 g/mol. The summed E-state index contributed by atoms with van der Waals surface area (Å²) in [6.07, 6.45) is 8.52. The van der Waals surface area contributed by atoms with Crippen molar-refractivity contribution >= 4 is 17.1 Å². The molecule has 0 atom stereocenters. The SMILES string of the molecule is CN(C=CC=CC1=[N+](C)c2ccccc2C1(C)C)c1ccccc1. The number of anilines is 1. The van der Waals surface area contributed by atoms with Crippen molar-refractivity contribution in [1.82, 2.24) is 0 Å². The Kier molecular flexibility index (Phi) is 4.39. The number of hydrogen-bond donors (Lipinski definition) is 0. The molecule has 0 bridgehead atoms. The highest BCUT2D eigenvalue weighted by molar-refractivity contribution is 6.03. The predicted molar refractivity (Wildman–Crippen MR) is 103 cm³/mol. The minimum atomic E-state index is 0.0288. The number of hydrogen-bond acceptors (Lipinski definition) is 1. The highest BCUT2D eigenvalue weighted by atomic mass is 15.1.